The molecule has 0 radical (unpaired) electrons. The van der Waals surface area contributed by atoms with Crippen molar-refractivity contribution in [3.63, 3.8) is 0 Å². The first kappa shape index (κ1) is 18.2. The quantitative estimate of drug-likeness (QED) is 0.912. The third kappa shape index (κ3) is 3.39. The third-order valence-corrected chi connectivity index (χ3v) is 5.36. The highest BCUT2D eigenvalue weighted by Crippen LogP contribution is 2.37. The predicted molar refractivity (Wildman–Crippen MR) is 102 cm³/mol. The third-order valence-electron chi connectivity index (χ3n) is 5.36. The van der Waals surface area contributed by atoms with Gasteiger partial charge in [-0.15, -0.1) is 12.4 Å². The number of rotatable bonds is 3. The first-order valence-electron chi connectivity index (χ1n) is 8.91. The summed E-state index contributed by atoms with van der Waals surface area (Å²) in [7, 11) is 0. The number of benzene rings is 2. The van der Waals surface area contributed by atoms with Gasteiger partial charge in [-0.3, -0.25) is 4.79 Å². The van der Waals surface area contributed by atoms with Crippen molar-refractivity contribution in [1.82, 2.24) is 4.90 Å². The van der Waals surface area contributed by atoms with Gasteiger partial charge in [0.2, 0.25) is 0 Å². The van der Waals surface area contributed by atoms with Crippen LogP contribution in [0.15, 0.2) is 42.5 Å². The molecule has 2 saturated heterocycles. The van der Waals surface area contributed by atoms with E-state index in [1.807, 2.05) is 4.90 Å². The van der Waals surface area contributed by atoms with Gasteiger partial charge < -0.3 is 15.4 Å². The number of ether oxygens (including phenoxy) is 1. The molecule has 0 aromatic heterocycles. The Morgan fingerprint density at radius 1 is 1.12 bits per heavy atom. The summed E-state index contributed by atoms with van der Waals surface area (Å²) >= 11 is 0. The summed E-state index contributed by atoms with van der Waals surface area (Å²) in [6.07, 6.45) is 3.48. The first-order valence-corrected chi connectivity index (χ1v) is 8.91. The molecule has 4 rings (SSSR count). The molecule has 2 heterocycles. The van der Waals surface area contributed by atoms with Gasteiger partial charge in [-0.1, -0.05) is 42.5 Å². The molecule has 3 atom stereocenters. The second-order valence-corrected chi connectivity index (χ2v) is 6.82. The molecule has 0 saturated carbocycles. The number of amides is 1. The molecule has 5 heteroatoms. The van der Waals surface area contributed by atoms with Crippen LogP contribution < -0.4 is 5.73 Å². The maximum atomic E-state index is 13.0. The lowest BCUT2D eigenvalue weighted by molar-refractivity contribution is -0.143. The lowest BCUT2D eigenvalue weighted by atomic mass is 9.97. The Labute approximate surface area is 154 Å². The number of likely N-dealkylation sites (tertiary alicyclic amines) is 1. The molecule has 4 nitrogen and oxygen atoms in total. The van der Waals surface area contributed by atoms with Crippen LogP contribution in [-0.4, -0.2) is 36.1 Å². The van der Waals surface area contributed by atoms with Gasteiger partial charge in [0.25, 0.3) is 5.91 Å². The van der Waals surface area contributed by atoms with Crippen molar-refractivity contribution in [1.29, 1.82) is 0 Å². The van der Waals surface area contributed by atoms with Crippen molar-refractivity contribution in [2.24, 2.45) is 5.73 Å². The van der Waals surface area contributed by atoms with E-state index in [2.05, 4.69) is 42.5 Å². The summed E-state index contributed by atoms with van der Waals surface area (Å²) in [5, 5.41) is 2.48. The van der Waals surface area contributed by atoms with Gasteiger partial charge in [-0.2, -0.15) is 0 Å². The van der Waals surface area contributed by atoms with Gasteiger partial charge in [-0.25, -0.2) is 0 Å². The Morgan fingerprint density at radius 3 is 2.72 bits per heavy atom. The SMILES string of the molecule is Cl.NC[C@H]1CC[C@@H](C(=O)N2CCCC2c2cccc3ccccc23)O1. The van der Waals surface area contributed by atoms with E-state index in [9.17, 15) is 4.79 Å². The molecule has 2 N–H and O–H groups in total. The molecule has 2 aliphatic heterocycles. The van der Waals surface area contributed by atoms with Gasteiger partial charge in [0, 0.05) is 13.1 Å². The highest BCUT2D eigenvalue weighted by atomic mass is 35.5. The monoisotopic (exact) mass is 360 g/mol. The molecule has 2 aromatic carbocycles. The van der Waals surface area contributed by atoms with Gasteiger partial charge in [0.1, 0.15) is 6.10 Å². The fraction of sp³-hybridized carbons (Fsp3) is 0.450. The highest BCUT2D eigenvalue weighted by molar-refractivity contribution is 5.88. The van der Waals surface area contributed by atoms with E-state index in [0.717, 1.165) is 32.2 Å². The van der Waals surface area contributed by atoms with Crippen molar-refractivity contribution in [3.8, 4) is 0 Å². The van der Waals surface area contributed by atoms with Crippen molar-refractivity contribution >= 4 is 29.1 Å². The maximum absolute atomic E-state index is 13.0. The summed E-state index contributed by atoms with van der Waals surface area (Å²) in [5.74, 6) is 0.140. The van der Waals surface area contributed by atoms with Crippen LogP contribution in [0.3, 0.4) is 0 Å². The fourth-order valence-corrected chi connectivity index (χ4v) is 4.14. The van der Waals surface area contributed by atoms with Crippen LogP contribution in [0.5, 0.6) is 0 Å². The Morgan fingerprint density at radius 2 is 1.92 bits per heavy atom. The molecule has 1 amide bonds. The fourth-order valence-electron chi connectivity index (χ4n) is 4.14. The van der Waals surface area contributed by atoms with Crippen molar-refractivity contribution < 1.29 is 9.53 Å². The minimum atomic E-state index is -0.311. The van der Waals surface area contributed by atoms with Crippen LogP contribution in [0, 0.1) is 0 Å². The van der Waals surface area contributed by atoms with Crippen LogP contribution in [0.1, 0.15) is 37.3 Å². The van der Waals surface area contributed by atoms with Crippen LogP contribution in [0.25, 0.3) is 10.8 Å². The molecule has 134 valence electrons. The van der Waals surface area contributed by atoms with Crippen molar-refractivity contribution in [2.45, 2.75) is 43.9 Å². The molecule has 0 aliphatic carbocycles. The van der Waals surface area contributed by atoms with Gasteiger partial charge in [0.15, 0.2) is 0 Å². The highest BCUT2D eigenvalue weighted by Gasteiger charge is 2.38. The average molecular weight is 361 g/mol. The first-order chi connectivity index (χ1) is 11.8. The lowest BCUT2D eigenvalue weighted by Gasteiger charge is -2.28. The minimum Gasteiger partial charge on any atom is -0.364 e. The average Bonchev–Trinajstić information content (AvgIpc) is 3.30. The lowest BCUT2D eigenvalue weighted by Crippen LogP contribution is -2.39. The molecular weight excluding hydrogens is 336 g/mol. The molecule has 0 bridgehead atoms. The smallest absolute Gasteiger partial charge is 0.252 e. The second-order valence-electron chi connectivity index (χ2n) is 6.82. The van der Waals surface area contributed by atoms with E-state index in [4.69, 9.17) is 10.5 Å². The second kappa shape index (κ2) is 7.73. The van der Waals surface area contributed by atoms with Crippen LogP contribution >= 0.6 is 12.4 Å². The Bertz CT molecular complexity index is 746. The van der Waals surface area contributed by atoms with E-state index in [1.165, 1.54) is 16.3 Å². The van der Waals surface area contributed by atoms with E-state index in [1.54, 1.807) is 0 Å². The van der Waals surface area contributed by atoms with Crippen LogP contribution in [0.4, 0.5) is 0 Å². The standard InChI is InChI=1S/C20H24N2O2.ClH/c21-13-15-10-11-19(24-15)20(23)22-12-4-9-18(22)17-8-3-6-14-5-1-2-7-16(14)17;/h1-3,5-8,15,18-19H,4,9-13,21H2;1H/t15-,18?,19+;/m1./s1. The number of halogens is 1. The Balaban J connectivity index is 0.00000182. The number of nitrogens with zero attached hydrogens (tertiary/aromatic N) is 1. The summed E-state index contributed by atoms with van der Waals surface area (Å²) in [6.45, 7) is 1.32. The molecular formula is C20H25ClN2O2. The van der Waals surface area contributed by atoms with Crippen molar-refractivity contribution in [2.75, 3.05) is 13.1 Å². The number of fused-ring (bicyclic) bond motifs is 1. The number of carbonyl (C=O) groups excluding carboxylic acids is 1. The van der Waals surface area contributed by atoms with E-state index >= 15 is 0 Å². The molecule has 2 aliphatic rings. The van der Waals surface area contributed by atoms with Gasteiger partial charge in [0.05, 0.1) is 12.1 Å². The van der Waals surface area contributed by atoms with E-state index in [-0.39, 0.29) is 36.6 Å². The summed E-state index contributed by atoms with van der Waals surface area (Å²) in [5.41, 5.74) is 6.94. The Hall–Kier alpha value is -1.62. The molecule has 25 heavy (non-hydrogen) atoms. The normalized spacial score (nSPS) is 26.0. The van der Waals surface area contributed by atoms with Gasteiger partial charge in [-0.05, 0) is 42.0 Å². The topological polar surface area (TPSA) is 55.6 Å². The van der Waals surface area contributed by atoms with Gasteiger partial charge >= 0.3 is 0 Å². The number of hydrogen-bond donors (Lipinski definition) is 1. The number of carbonyl (C=O) groups is 1. The summed E-state index contributed by atoms with van der Waals surface area (Å²) in [4.78, 5) is 15.0. The van der Waals surface area contributed by atoms with Crippen LogP contribution in [0.2, 0.25) is 0 Å². The molecule has 1 unspecified atom stereocenters. The summed E-state index contributed by atoms with van der Waals surface area (Å²) in [6, 6.07) is 15.0. The largest absolute Gasteiger partial charge is 0.364 e. The Kier molecular flexibility index (Phi) is 5.62. The zero-order valence-corrected chi connectivity index (χ0v) is 15.1. The van der Waals surface area contributed by atoms with E-state index < -0.39 is 0 Å². The summed E-state index contributed by atoms with van der Waals surface area (Å²) < 4.78 is 5.84. The molecule has 2 fully saturated rings. The zero-order valence-electron chi connectivity index (χ0n) is 14.3. The molecule has 0 spiro atoms. The van der Waals surface area contributed by atoms with Crippen LogP contribution in [-0.2, 0) is 9.53 Å². The zero-order chi connectivity index (χ0) is 16.5. The van der Waals surface area contributed by atoms with E-state index in [0.29, 0.717) is 6.54 Å². The number of hydrogen-bond acceptors (Lipinski definition) is 3. The maximum Gasteiger partial charge on any atom is 0.252 e. The minimum absolute atomic E-state index is 0. The number of nitrogens with two attached hydrogens (primary N) is 1. The molecule has 2 aromatic rings. The predicted octanol–water partition coefficient (Wildman–Crippen LogP) is 3.43. The van der Waals surface area contributed by atoms with Crippen molar-refractivity contribution in [3.05, 3.63) is 48.0 Å².